The van der Waals surface area contributed by atoms with Crippen LogP contribution >= 0.6 is 0 Å². The second kappa shape index (κ2) is 4.22. The predicted molar refractivity (Wildman–Crippen MR) is 71.9 cm³/mol. The topological polar surface area (TPSA) is 12.9 Å². The standard InChI is InChI=1S/C16H12FN/c1-11-10-14(12-6-3-2-4-7-12)13-8-5-9-15(17)16(13)18-11/h2-10H,1H3. The summed E-state index contributed by atoms with van der Waals surface area (Å²) in [4.78, 5) is 4.29. The molecule has 2 heteroatoms. The van der Waals surface area contributed by atoms with Gasteiger partial charge in [0, 0.05) is 11.1 Å². The van der Waals surface area contributed by atoms with Crippen molar-refractivity contribution < 1.29 is 4.39 Å². The van der Waals surface area contributed by atoms with Gasteiger partial charge in [0.1, 0.15) is 11.3 Å². The van der Waals surface area contributed by atoms with E-state index in [9.17, 15) is 4.39 Å². The molecule has 0 N–H and O–H groups in total. The molecule has 0 aliphatic heterocycles. The SMILES string of the molecule is Cc1cc(-c2ccccc2)c2cccc(F)c2n1. The van der Waals surface area contributed by atoms with Gasteiger partial charge >= 0.3 is 0 Å². The van der Waals surface area contributed by atoms with Gasteiger partial charge in [-0.15, -0.1) is 0 Å². The van der Waals surface area contributed by atoms with Crippen molar-refractivity contribution in [2.75, 3.05) is 0 Å². The van der Waals surface area contributed by atoms with Gasteiger partial charge in [0.25, 0.3) is 0 Å². The van der Waals surface area contributed by atoms with E-state index in [0.717, 1.165) is 22.2 Å². The molecule has 1 nitrogen and oxygen atoms in total. The molecule has 1 aromatic heterocycles. The summed E-state index contributed by atoms with van der Waals surface area (Å²) in [6.45, 7) is 1.89. The van der Waals surface area contributed by atoms with Gasteiger partial charge in [-0.1, -0.05) is 42.5 Å². The predicted octanol–water partition coefficient (Wildman–Crippen LogP) is 4.35. The zero-order chi connectivity index (χ0) is 12.5. The van der Waals surface area contributed by atoms with Crippen LogP contribution in [0.3, 0.4) is 0 Å². The van der Waals surface area contributed by atoms with E-state index in [4.69, 9.17) is 0 Å². The smallest absolute Gasteiger partial charge is 0.149 e. The number of halogens is 1. The van der Waals surface area contributed by atoms with Crippen molar-refractivity contribution in [3.8, 4) is 11.1 Å². The molecule has 0 unspecified atom stereocenters. The molecule has 0 spiro atoms. The van der Waals surface area contributed by atoms with Crippen LogP contribution in [0.5, 0.6) is 0 Å². The molecule has 0 amide bonds. The van der Waals surface area contributed by atoms with Crippen LogP contribution in [0.1, 0.15) is 5.69 Å². The Balaban J connectivity index is 2.39. The quantitative estimate of drug-likeness (QED) is 0.613. The molecule has 0 bridgehead atoms. The number of fused-ring (bicyclic) bond motifs is 1. The first-order valence-electron chi connectivity index (χ1n) is 5.87. The number of hydrogen-bond acceptors (Lipinski definition) is 1. The van der Waals surface area contributed by atoms with Crippen molar-refractivity contribution >= 4 is 10.9 Å². The van der Waals surface area contributed by atoms with E-state index in [2.05, 4.69) is 4.98 Å². The number of pyridine rings is 1. The summed E-state index contributed by atoms with van der Waals surface area (Å²) in [6.07, 6.45) is 0. The number of rotatable bonds is 1. The van der Waals surface area contributed by atoms with Crippen LogP contribution in [0.15, 0.2) is 54.6 Å². The average molecular weight is 237 g/mol. The molecule has 1 heterocycles. The maximum Gasteiger partial charge on any atom is 0.149 e. The van der Waals surface area contributed by atoms with Gasteiger partial charge in [0.2, 0.25) is 0 Å². The zero-order valence-electron chi connectivity index (χ0n) is 10.0. The van der Waals surface area contributed by atoms with E-state index in [1.165, 1.54) is 6.07 Å². The largest absolute Gasteiger partial charge is 0.250 e. The minimum Gasteiger partial charge on any atom is -0.250 e. The first kappa shape index (κ1) is 10.9. The lowest BCUT2D eigenvalue weighted by Crippen LogP contribution is -1.91. The summed E-state index contributed by atoms with van der Waals surface area (Å²) in [7, 11) is 0. The molecule has 0 saturated heterocycles. The Morgan fingerprint density at radius 1 is 0.944 bits per heavy atom. The third-order valence-electron chi connectivity index (χ3n) is 3.00. The van der Waals surface area contributed by atoms with Gasteiger partial charge in [-0.2, -0.15) is 0 Å². The summed E-state index contributed by atoms with van der Waals surface area (Å²) in [5.74, 6) is -0.270. The van der Waals surface area contributed by atoms with Crippen LogP contribution in [0, 0.1) is 12.7 Å². The third-order valence-corrected chi connectivity index (χ3v) is 3.00. The van der Waals surface area contributed by atoms with Crippen molar-refractivity contribution in [3.05, 3.63) is 66.1 Å². The lowest BCUT2D eigenvalue weighted by Gasteiger charge is -2.08. The van der Waals surface area contributed by atoms with Gasteiger partial charge in [-0.3, -0.25) is 4.98 Å². The van der Waals surface area contributed by atoms with Crippen LogP contribution in [-0.4, -0.2) is 4.98 Å². The summed E-state index contributed by atoms with van der Waals surface area (Å²) < 4.78 is 13.8. The molecule has 0 fully saturated rings. The lowest BCUT2D eigenvalue weighted by molar-refractivity contribution is 0.636. The van der Waals surface area contributed by atoms with Crippen molar-refractivity contribution in [3.63, 3.8) is 0 Å². The molecule has 3 rings (SSSR count). The molecule has 0 aliphatic rings. The molecule has 18 heavy (non-hydrogen) atoms. The second-order valence-corrected chi connectivity index (χ2v) is 4.31. The summed E-state index contributed by atoms with van der Waals surface area (Å²) in [5, 5.41) is 0.854. The van der Waals surface area contributed by atoms with Gasteiger partial charge in [-0.25, -0.2) is 4.39 Å². The molecule has 88 valence electrons. The van der Waals surface area contributed by atoms with E-state index in [0.29, 0.717) is 5.52 Å². The molecular formula is C16H12FN. The fraction of sp³-hybridized carbons (Fsp3) is 0.0625. The van der Waals surface area contributed by atoms with Crippen molar-refractivity contribution in [1.82, 2.24) is 4.98 Å². The lowest BCUT2D eigenvalue weighted by atomic mass is 10.0. The van der Waals surface area contributed by atoms with Crippen LogP contribution in [0.2, 0.25) is 0 Å². The monoisotopic (exact) mass is 237 g/mol. The fourth-order valence-corrected chi connectivity index (χ4v) is 2.20. The Labute approximate surface area is 105 Å². The molecule has 3 aromatic rings. The van der Waals surface area contributed by atoms with Crippen molar-refractivity contribution in [2.45, 2.75) is 6.92 Å². The third kappa shape index (κ3) is 1.76. The molecule has 0 aliphatic carbocycles. The van der Waals surface area contributed by atoms with E-state index >= 15 is 0 Å². The molecule has 0 radical (unpaired) electrons. The van der Waals surface area contributed by atoms with E-state index in [-0.39, 0.29) is 5.82 Å². The normalized spacial score (nSPS) is 10.8. The van der Waals surface area contributed by atoms with Gasteiger partial charge in [-0.05, 0) is 30.2 Å². The Morgan fingerprint density at radius 3 is 2.50 bits per heavy atom. The highest BCUT2D eigenvalue weighted by Crippen LogP contribution is 2.29. The number of aryl methyl sites for hydroxylation is 1. The minimum atomic E-state index is -0.270. The number of aromatic nitrogens is 1. The second-order valence-electron chi connectivity index (χ2n) is 4.31. The number of hydrogen-bond donors (Lipinski definition) is 0. The van der Waals surface area contributed by atoms with Crippen LogP contribution in [0.4, 0.5) is 4.39 Å². The molecular weight excluding hydrogens is 225 g/mol. The number of para-hydroxylation sites is 1. The van der Waals surface area contributed by atoms with E-state index in [1.807, 2.05) is 49.4 Å². The molecule has 2 aromatic carbocycles. The maximum absolute atomic E-state index is 13.8. The van der Waals surface area contributed by atoms with Crippen LogP contribution < -0.4 is 0 Å². The Hall–Kier alpha value is -2.22. The highest BCUT2D eigenvalue weighted by Gasteiger charge is 2.08. The Bertz CT molecular complexity index is 705. The van der Waals surface area contributed by atoms with Crippen molar-refractivity contribution in [1.29, 1.82) is 0 Å². The number of nitrogens with zero attached hydrogens (tertiary/aromatic N) is 1. The Kier molecular flexibility index (Phi) is 2.56. The summed E-state index contributed by atoms with van der Waals surface area (Å²) >= 11 is 0. The van der Waals surface area contributed by atoms with E-state index < -0.39 is 0 Å². The van der Waals surface area contributed by atoms with Crippen LogP contribution in [0.25, 0.3) is 22.0 Å². The maximum atomic E-state index is 13.8. The number of benzene rings is 2. The Morgan fingerprint density at radius 2 is 1.72 bits per heavy atom. The zero-order valence-corrected chi connectivity index (χ0v) is 10.0. The van der Waals surface area contributed by atoms with Gasteiger partial charge in [0.15, 0.2) is 0 Å². The van der Waals surface area contributed by atoms with Crippen LogP contribution in [-0.2, 0) is 0 Å². The highest BCUT2D eigenvalue weighted by atomic mass is 19.1. The van der Waals surface area contributed by atoms with E-state index in [1.54, 1.807) is 6.07 Å². The molecule has 0 saturated carbocycles. The highest BCUT2D eigenvalue weighted by molar-refractivity contribution is 5.94. The fourth-order valence-electron chi connectivity index (χ4n) is 2.20. The minimum absolute atomic E-state index is 0.270. The first-order chi connectivity index (χ1) is 8.75. The first-order valence-corrected chi connectivity index (χ1v) is 5.87. The summed E-state index contributed by atoms with van der Waals surface area (Å²) in [5.41, 5.74) is 3.37. The average Bonchev–Trinajstić information content (AvgIpc) is 2.40. The van der Waals surface area contributed by atoms with Gasteiger partial charge in [0.05, 0.1) is 0 Å². The molecule has 0 atom stereocenters. The summed E-state index contributed by atoms with van der Waals surface area (Å²) in [6, 6.07) is 17.1. The van der Waals surface area contributed by atoms with Gasteiger partial charge < -0.3 is 0 Å². The van der Waals surface area contributed by atoms with Crippen molar-refractivity contribution in [2.24, 2.45) is 0 Å².